The Balaban J connectivity index is 3.52. The summed E-state index contributed by atoms with van der Waals surface area (Å²) in [5.74, 6) is -0.484. The molecule has 18 heavy (non-hydrogen) atoms. The lowest BCUT2D eigenvalue weighted by atomic mass is 9.83. The smallest absolute Gasteiger partial charge is 0.325 e. The summed E-state index contributed by atoms with van der Waals surface area (Å²) in [4.78, 5) is 11.1. The van der Waals surface area contributed by atoms with E-state index in [9.17, 15) is 4.79 Å². The largest absolute Gasteiger partial charge is 0.496 e. The van der Waals surface area contributed by atoms with E-state index in [1.165, 1.54) is 7.11 Å². The molecule has 0 heterocycles. The van der Waals surface area contributed by atoms with Crippen LogP contribution in [0.1, 0.15) is 43.5 Å². The Morgan fingerprint density at radius 2 is 1.94 bits per heavy atom. The molecule has 0 aromatic heterocycles. The molecule has 1 aromatic carbocycles. The Kier molecular flexibility index (Phi) is 4.02. The predicted molar refractivity (Wildman–Crippen MR) is 71.0 cm³/mol. The van der Waals surface area contributed by atoms with Gasteiger partial charge in [-0.25, -0.2) is 0 Å². The van der Waals surface area contributed by atoms with Crippen molar-refractivity contribution in [2.24, 2.45) is 5.73 Å². The van der Waals surface area contributed by atoms with E-state index in [1.807, 2.05) is 13.0 Å². The Morgan fingerprint density at radius 3 is 2.33 bits per heavy atom. The van der Waals surface area contributed by atoms with Gasteiger partial charge in [0, 0.05) is 11.1 Å². The molecule has 0 radical (unpaired) electrons. The number of aryl methyl sites for hydroxylation is 1. The maximum atomic E-state index is 11.1. The number of carboxylic acids is 1. The maximum Gasteiger partial charge on any atom is 0.325 e. The normalized spacial score (nSPS) is 13.2. The summed E-state index contributed by atoms with van der Waals surface area (Å²) in [7, 11) is 1.54. The molecule has 0 aliphatic heterocycles. The zero-order valence-corrected chi connectivity index (χ0v) is 11.6. The summed E-state index contributed by atoms with van der Waals surface area (Å²) in [5.41, 5.74) is 8.05. The van der Waals surface area contributed by atoms with E-state index in [2.05, 4.69) is 20.8 Å². The first-order valence-corrected chi connectivity index (χ1v) is 5.86. The number of methoxy groups -OCH3 is 1. The Bertz CT molecular complexity index is 461. The minimum Gasteiger partial charge on any atom is -0.496 e. The average Bonchev–Trinajstić information content (AvgIpc) is 2.25. The van der Waals surface area contributed by atoms with Gasteiger partial charge in [-0.05, 0) is 12.3 Å². The lowest BCUT2D eigenvalue weighted by Gasteiger charge is -2.25. The van der Waals surface area contributed by atoms with Gasteiger partial charge in [0.05, 0.1) is 7.11 Å². The number of carbonyl (C=O) groups is 1. The van der Waals surface area contributed by atoms with Crippen LogP contribution in [0.4, 0.5) is 0 Å². The van der Waals surface area contributed by atoms with Crippen molar-refractivity contribution < 1.29 is 14.6 Å². The highest BCUT2D eigenvalue weighted by atomic mass is 16.5. The molecular formula is C14H21NO3. The number of hydrogen-bond donors (Lipinski definition) is 2. The van der Waals surface area contributed by atoms with Gasteiger partial charge < -0.3 is 15.6 Å². The van der Waals surface area contributed by atoms with Crippen LogP contribution >= 0.6 is 0 Å². The van der Waals surface area contributed by atoms with E-state index in [0.29, 0.717) is 11.3 Å². The third-order valence-corrected chi connectivity index (χ3v) is 2.88. The monoisotopic (exact) mass is 251 g/mol. The van der Waals surface area contributed by atoms with E-state index < -0.39 is 12.0 Å². The molecule has 0 bridgehead atoms. The summed E-state index contributed by atoms with van der Waals surface area (Å²) in [6.07, 6.45) is 0. The molecule has 4 heteroatoms. The summed E-state index contributed by atoms with van der Waals surface area (Å²) >= 11 is 0. The molecule has 1 unspecified atom stereocenters. The van der Waals surface area contributed by atoms with Crippen LogP contribution in [-0.4, -0.2) is 18.2 Å². The third kappa shape index (κ3) is 2.82. The average molecular weight is 251 g/mol. The summed E-state index contributed by atoms with van der Waals surface area (Å²) in [6.45, 7) is 8.09. The summed E-state index contributed by atoms with van der Waals surface area (Å²) in [5, 5.41) is 9.06. The van der Waals surface area contributed by atoms with Crippen molar-refractivity contribution in [2.45, 2.75) is 39.2 Å². The van der Waals surface area contributed by atoms with Gasteiger partial charge in [-0.15, -0.1) is 0 Å². The Labute approximate surface area is 108 Å². The number of rotatable bonds is 3. The van der Waals surface area contributed by atoms with Crippen molar-refractivity contribution in [3.05, 3.63) is 28.8 Å². The van der Waals surface area contributed by atoms with Gasteiger partial charge >= 0.3 is 5.97 Å². The second kappa shape index (κ2) is 4.98. The zero-order valence-electron chi connectivity index (χ0n) is 11.6. The topological polar surface area (TPSA) is 72.5 Å². The van der Waals surface area contributed by atoms with Crippen molar-refractivity contribution in [1.82, 2.24) is 0 Å². The number of ether oxygens (including phenoxy) is 1. The fourth-order valence-corrected chi connectivity index (χ4v) is 1.95. The van der Waals surface area contributed by atoms with E-state index in [0.717, 1.165) is 11.1 Å². The molecule has 0 amide bonds. The van der Waals surface area contributed by atoms with Crippen LogP contribution in [0.5, 0.6) is 5.75 Å². The summed E-state index contributed by atoms with van der Waals surface area (Å²) < 4.78 is 5.39. The first-order chi connectivity index (χ1) is 8.18. The van der Waals surface area contributed by atoms with Crippen LogP contribution < -0.4 is 10.5 Å². The standard InChI is InChI=1S/C14H21NO3/c1-8-6-9(11(15)13(16)17)12(18-5)10(7-8)14(2,3)4/h6-7,11H,15H2,1-5H3,(H,16,17). The number of benzene rings is 1. The highest BCUT2D eigenvalue weighted by Crippen LogP contribution is 2.37. The highest BCUT2D eigenvalue weighted by Gasteiger charge is 2.26. The summed E-state index contributed by atoms with van der Waals surface area (Å²) in [6, 6.07) is 2.71. The lowest BCUT2D eigenvalue weighted by molar-refractivity contribution is -0.138. The van der Waals surface area contributed by atoms with Crippen LogP contribution in [0.25, 0.3) is 0 Å². The first-order valence-electron chi connectivity index (χ1n) is 5.86. The van der Waals surface area contributed by atoms with E-state index in [4.69, 9.17) is 15.6 Å². The maximum absolute atomic E-state index is 11.1. The molecule has 0 aliphatic rings. The van der Waals surface area contributed by atoms with Gasteiger partial charge in [-0.3, -0.25) is 4.79 Å². The minimum absolute atomic E-state index is 0.135. The van der Waals surface area contributed by atoms with E-state index in [1.54, 1.807) is 6.07 Å². The van der Waals surface area contributed by atoms with Crippen molar-refractivity contribution in [1.29, 1.82) is 0 Å². The second-order valence-corrected chi connectivity index (χ2v) is 5.50. The molecule has 0 aliphatic carbocycles. The van der Waals surface area contributed by atoms with Crippen LogP contribution in [-0.2, 0) is 10.2 Å². The molecule has 0 saturated heterocycles. The van der Waals surface area contributed by atoms with Gasteiger partial charge in [0.2, 0.25) is 0 Å². The molecule has 0 saturated carbocycles. The molecule has 1 atom stereocenters. The quantitative estimate of drug-likeness (QED) is 0.865. The Hall–Kier alpha value is -1.55. The van der Waals surface area contributed by atoms with Gasteiger partial charge in [0.25, 0.3) is 0 Å². The molecule has 100 valence electrons. The fourth-order valence-electron chi connectivity index (χ4n) is 1.95. The SMILES string of the molecule is COc1c(C(N)C(=O)O)cc(C)cc1C(C)(C)C. The number of nitrogens with two attached hydrogens (primary N) is 1. The van der Waals surface area contributed by atoms with E-state index in [-0.39, 0.29) is 5.41 Å². The zero-order chi connectivity index (χ0) is 14.1. The van der Waals surface area contributed by atoms with Crippen molar-refractivity contribution in [3.8, 4) is 5.75 Å². The molecule has 0 fully saturated rings. The molecule has 4 nitrogen and oxygen atoms in total. The number of carboxylic acid groups (broad SMARTS) is 1. The van der Waals surface area contributed by atoms with Crippen LogP contribution in [0.2, 0.25) is 0 Å². The molecule has 0 spiro atoms. The third-order valence-electron chi connectivity index (χ3n) is 2.88. The minimum atomic E-state index is -1.07. The number of aliphatic carboxylic acids is 1. The Morgan fingerprint density at radius 1 is 1.39 bits per heavy atom. The molecule has 1 rings (SSSR count). The highest BCUT2D eigenvalue weighted by molar-refractivity contribution is 5.77. The van der Waals surface area contributed by atoms with Gasteiger partial charge in [0.1, 0.15) is 11.8 Å². The molecule has 1 aromatic rings. The number of hydrogen-bond acceptors (Lipinski definition) is 3. The van der Waals surface area contributed by atoms with Gasteiger partial charge in [-0.2, -0.15) is 0 Å². The van der Waals surface area contributed by atoms with Crippen molar-refractivity contribution in [3.63, 3.8) is 0 Å². The first kappa shape index (κ1) is 14.5. The molecular weight excluding hydrogens is 230 g/mol. The molecule has 3 N–H and O–H groups in total. The van der Waals surface area contributed by atoms with Crippen molar-refractivity contribution in [2.75, 3.05) is 7.11 Å². The van der Waals surface area contributed by atoms with Crippen LogP contribution in [0.15, 0.2) is 12.1 Å². The second-order valence-electron chi connectivity index (χ2n) is 5.50. The van der Waals surface area contributed by atoms with Gasteiger partial charge in [-0.1, -0.05) is 38.5 Å². The van der Waals surface area contributed by atoms with Crippen LogP contribution in [0.3, 0.4) is 0 Å². The predicted octanol–water partition coefficient (Wildman–Crippen LogP) is 2.39. The lowest BCUT2D eigenvalue weighted by Crippen LogP contribution is -2.23. The van der Waals surface area contributed by atoms with Crippen LogP contribution in [0, 0.1) is 6.92 Å². The van der Waals surface area contributed by atoms with Crippen molar-refractivity contribution >= 4 is 5.97 Å². The fraction of sp³-hybridized carbons (Fsp3) is 0.500. The van der Waals surface area contributed by atoms with Gasteiger partial charge in [0.15, 0.2) is 0 Å². The van der Waals surface area contributed by atoms with E-state index >= 15 is 0 Å².